The Kier molecular flexibility index (Phi) is 4.20. The summed E-state index contributed by atoms with van der Waals surface area (Å²) in [7, 11) is 0. The summed E-state index contributed by atoms with van der Waals surface area (Å²) in [5.74, 6) is -0.240. The third-order valence-corrected chi connectivity index (χ3v) is 3.71. The molecule has 0 radical (unpaired) electrons. The number of nitrogens with zero attached hydrogens (tertiary/aromatic N) is 1. The van der Waals surface area contributed by atoms with Crippen molar-refractivity contribution in [1.29, 1.82) is 0 Å². The van der Waals surface area contributed by atoms with Crippen molar-refractivity contribution in [3.8, 4) is 0 Å². The van der Waals surface area contributed by atoms with Gasteiger partial charge in [0.05, 0.1) is 11.4 Å². The molecule has 0 aliphatic rings. The van der Waals surface area contributed by atoms with Gasteiger partial charge in [-0.15, -0.1) is 0 Å². The standard InChI is InChI=1S/C15H16BrFN2/c1-9-4-7-15(11(3)18-9)19-10(2)13-6-5-12(17)8-14(13)16/h4-8,10,19H,1-3H3. The molecule has 0 amide bonds. The summed E-state index contributed by atoms with van der Waals surface area (Å²) in [4.78, 5) is 4.42. The quantitative estimate of drug-likeness (QED) is 0.880. The average molecular weight is 323 g/mol. The van der Waals surface area contributed by atoms with Crippen LogP contribution >= 0.6 is 15.9 Å². The Morgan fingerprint density at radius 3 is 2.58 bits per heavy atom. The molecular weight excluding hydrogens is 307 g/mol. The minimum Gasteiger partial charge on any atom is -0.377 e. The highest BCUT2D eigenvalue weighted by Crippen LogP contribution is 2.27. The van der Waals surface area contributed by atoms with Gasteiger partial charge in [0.15, 0.2) is 0 Å². The molecule has 1 aromatic carbocycles. The van der Waals surface area contributed by atoms with Gasteiger partial charge in [-0.05, 0) is 50.6 Å². The van der Waals surface area contributed by atoms with Gasteiger partial charge < -0.3 is 5.32 Å². The van der Waals surface area contributed by atoms with Crippen LogP contribution in [0.15, 0.2) is 34.8 Å². The number of hydrogen-bond acceptors (Lipinski definition) is 2. The lowest BCUT2D eigenvalue weighted by atomic mass is 10.1. The van der Waals surface area contributed by atoms with Crippen molar-refractivity contribution in [2.75, 3.05) is 5.32 Å². The number of pyridine rings is 1. The second kappa shape index (κ2) is 5.70. The van der Waals surface area contributed by atoms with Crippen LogP contribution in [0.2, 0.25) is 0 Å². The summed E-state index contributed by atoms with van der Waals surface area (Å²) in [5, 5.41) is 3.40. The van der Waals surface area contributed by atoms with Gasteiger partial charge in [-0.2, -0.15) is 0 Å². The van der Waals surface area contributed by atoms with Gasteiger partial charge in [0.1, 0.15) is 5.82 Å². The van der Waals surface area contributed by atoms with Crippen LogP contribution in [-0.2, 0) is 0 Å². The van der Waals surface area contributed by atoms with E-state index in [1.807, 2.05) is 32.9 Å². The first kappa shape index (κ1) is 14.0. The summed E-state index contributed by atoms with van der Waals surface area (Å²) in [6.45, 7) is 5.98. The van der Waals surface area contributed by atoms with Crippen molar-refractivity contribution < 1.29 is 4.39 Å². The fourth-order valence-electron chi connectivity index (χ4n) is 2.00. The van der Waals surface area contributed by atoms with E-state index in [-0.39, 0.29) is 11.9 Å². The van der Waals surface area contributed by atoms with Gasteiger partial charge in [0.25, 0.3) is 0 Å². The number of hydrogen-bond donors (Lipinski definition) is 1. The molecule has 1 unspecified atom stereocenters. The minimum absolute atomic E-state index is 0.0678. The number of halogens is 2. The number of benzene rings is 1. The molecule has 0 aliphatic heterocycles. The lowest BCUT2D eigenvalue weighted by Gasteiger charge is -2.18. The number of rotatable bonds is 3. The van der Waals surface area contributed by atoms with Crippen LogP contribution in [0, 0.1) is 19.7 Å². The van der Waals surface area contributed by atoms with Crippen molar-refractivity contribution in [3.63, 3.8) is 0 Å². The zero-order valence-electron chi connectivity index (χ0n) is 11.2. The van der Waals surface area contributed by atoms with Crippen molar-refractivity contribution >= 4 is 21.6 Å². The predicted molar refractivity (Wildman–Crippen MR) is 79.8 cm³/mol. The summed E-state index contributed by atoms with van der Waals surface area (Å²) in [6.07, 6.45) is 0. The molecule has 1 atom stereocenters. The highest BCUT2D eigenvalue weighted by atomic mass is 79.9. The fraction of sp³-hybridized carbons (Fsp3) is 0.267. The molecule has 0 aliphatic carbocycles. The molecule has 1 N–H and O–H groups in total. The van der Waals surface area contributed by atoms with Gasteiger partial charge >= 0.3 is 0 Å². The van der Waals surface area contributed by atoms with E-state index in [9.17, 15) is 4.39 Å². The Labute approximate surface area is 121 Å². The molecule has 0 saturated carbocycles. The maximum Gasteiger partial charge on any atom is 0.124 e. The van der Waals surface area contributed by atoms with Crippen LogP contribution in [0.3, 0.4) is 0 Å². The Balaban J connectivity index is 2.23. The molecule has 1 aromatic heterocycles. The second-order valence-corrected chi connectivity index (χ2v) is 5.47. The summed E-state index contributed by atoms with van der Waals surface area (Å²) >= 11 is 3.40. The third kappa shape index (κ3) is 3.32. The van der Waals surface area contributed by atoms with E-state index in [1.54, 1.807) is 6.07 Å². The lowest BCUT2D eigenvalue weighted by Crippen LogP contribution is -2.09. The van der Waals surface area contributed by atoms with Crippen molar-refractivity contribution in [1.82, 2.24) is 4.98 Å². The van der Waals surface area contributed by atoms with Crippen molar-refractivity contribution in [3.05, 3.63) is 57.6 Å². The molecule has 0 spiro atoms. The monoisotopic (exact) mass is 322 g/mol. The van der Waals surface area contributed by atoms with E-state index in [2.05, 4.69) is 26.2 Å². The zero-order valence-corrected chi connectivity index (χ0v) is 12.8. The Bertz CT molecular complexity index is 599. The molecule has 0 saturated heterocycles. The first-order valence-corrected chi connectivity index (χ1v) is 6.92. The number of nitrogens with one attached hydrogen (secondary N) is 1. The molecule has 0 bridgehead atoms. The molecule has 2 aromatic rings. The zero-order chi connectivity index (χ0) is 14.0. The van der Waals surface area contributed by atoms with Crippen LogP contribution in [-0.4, -0.2) is 4.98 Å². The SMILES string of the molecule is Cc1ccc(NC(C)c2ccc(F)cc2Br)c(C)n1. The lowest BCUT2D eigenvalue weighted by molar-refractivity contribution is 0.625. The second-order valence-electron chi connectivity index (χ2n) is 4.62. The molecule has 4 heteroatoms. The molecule has 2 nitrogen and oxygen atoms in total. The highest BCUT2D eigenvalue weighted by molar-refractivity contribution is 9.10. The van der Waals surface area contributed by atoms with Gasteiger partial charge in [0, 0.05) is 16.2 Å². The van der Waals surface area contributed by atoms with Crippen LogP contribution in [0.5, 0.6) is 0 Å². The maximum atomic E-state index is 13.1. The minimum atomic E-state index is -0.240. The van der Waals surface area contributed by atoms with Crippen LogP contribution in [0.1, 0.15) is 29.9 Å². The summed E-state index contributed by atoms with van der Waals surface area (Å²) < 4.78 is 13.9. The van der Waals surface area contributed by atoms with E-state index in [4.69, 9.17) is 0 Å². The van der Waals surface area contributed by atoms with E-state index >= 15 is 0 Å². The Hall–Kier alpha value is -1.42. The predicted octanol–water partition coefficient (Wildman–Crippen LogP) is 4.77. The first-order valence-electron chi connectivity index (χ1n) is 6.13. The first-order chi connectivity index (χ1) is 8.97. The number of aromatic nitrogens is 1. The summed E-state index contributed by atoms with van der Waals surface area (Å²) in [6, 6.07) is 8.80. The van der Waals surface area contributed by atoms with Gasteiger partial charge in [0.2, 0.25) is 0 Å². The van der Waals surface area contributed by atoms with E-state index in [0.717, 1.165) is 27.1 Å². The van der Waals surface area contributed by atoms with Gasteiger partial charge in [-0.25, -0.2) is 4.39 Å². The van der Waals surface area contributed by atoms with E-state index in [0.29, 0.717) is 0 Å². The summed E-state index contributed by atoms with van der Waals surface area (Å²) in [5.41, 5.74) is 3.97. The largest absolute Gasteiger partial charge is 0.377 e. The van der Waals surface area contributed by atoms with E-state index < -0.39 is 0 Å². The van der Waals surface area contributed by atoms with Crippen LogP contribution < -0.4 is 5.32 Å². The normalized spacial score (nSPS) is 12.3. The number of aryl methyl sites for hydroxylation is 2. The molecule has 100 valence electrons. The fourth-order valence-corrected chi connectivity index (χ4v) is 2.70. The smallest absolute Gasteiger partial charge is 0.124 e. The van der Waals surface area contributed by atoms with Gasteiger partial charge in [-0.3, -0.25) is 4.98 Å². The Morgan fingerprint density at radius 1 is 1.21 bits per heavy atom. The average Bonchev–Trinajstić information content (AvgIpc) is 2.32. The third-order valence-electron chi connectivity index (χ3n) is 3.03. The van der Waals surface area contributed by atoms with Crippen LogP contribution in [0.25, 0.3) is 0 Å². The van der Waals surface area contributed by atoms with Gasteiger partial charge in [-0.1, -0.05) is 22.0 Å². The van der Waals surface area contributed by atoms with Crippen LogP contribution in [0.4, 0.5) is 10.1 Å². The van der Waals surface area contributed by atoms with Crippen molar-refractivity contribution in [2.45, 2.75) is 26.8 Å². The maximum absolute atomic E-state index is 13.1. The molecule has 1 heterocycles. The number of anilines is 1. The molecule has 19 heavy (non-hydrogen) atoms. The van der Waals surface area contributed by atoms with E-state index in [1.165, 1.54) is 12.1 Å². The molecule has 2 rings (SSSR count). The molecular formula is C15H16BrFN2. The Morgan fingerprint density at radius 2 is 1.95 bits per heavy atom. The molecule has 0 fully saturated rings. The van der Waals surface area contributed by atoms with Crippen molar-refractivity contribution in [2.24, 2.45) is 0 Å². The topological polar surface area (TPSA) is 24.9 Å². The highest BCUT2D eigenvalue weighted by Gasteiger charge is 2.11.